The molecule has 0 saturated carbocycles. The van der Waals surface area contributed by atoms with E-state index in [9.17, 15) is 0 Å². The standard InChI is InChI=1S/C23H29NO4S/c1-4-25-18(3)26-14-5-7-19-9-11-20(12-10-19)27-15-13-21-17(2)28-23(24-21)22-8-6-16-29-22/h6,8-12,16,18H,4-5,7,13-15H2,1-3H3. The molecule has 2 aromatic heterocycles. The van der Waals surface area contributed by atoms with Crippen molar-refractivity contribution in [1.82, 2.24) is 4.98 Å². The van der Waals surface area contributed by atoms with Crippen LogP contribution >= 0.6 is 11.3 Å². The maximum atomic E-state index is 5.88. The fourth-order valence-corrected chi connectivity index (χ4v) is 3.64. The first-order valence-corrected chi connectivity index (χ1v) is 11.0. The third-order valence-corrected chi connectivity index (χ3v) is 5.38. The van der Waals surface area contributed by atoms with Gasteiger partial charge in [0.05, 0.1) is 23.8 Å². The van der Waals surface area contributed by atoms with Gasteiger partial charge >= 0.3 is 0 Å². The highest BCUT2D eigenvalue weighted by Gasteiger charge is 2.12. The highest BCUT2D eigenvalue weighted by atomic mass is 32.1. The zero-order valence-electron chi connectivity index (χ0n) is 17.3. The number of aryl methyl sites for hydroxylation is 2. The van der Waals surface area contributed by atoms with Gasteiger partial charge in [-0.3, -0.25) is 0 Å². The fourth-order valence-electron chi connectivity index (χ4n) is 2.99. The first-order chi connectivity index (χ1) is 14.2. The van der Waals surface area contributed by atoms with E-state index in [1.807, 2.05) is 50.4 Å². The summed E-state index contributed by atoms with van der Waals surface area (Å²) < 4.78 is 22.6. The lowest BCUT2D eigenvalue weighted by Crippen LogP contribution is -2.13. The molecule has 156 valence electrons. The van der Waals surface area contributed by atoms with Crippen LogP contribution in [0.5, 0.6) is 5.75 Å². The molecule has 0 amide bonds. The molecule has 0 bridgehead atoms. The van der Waals surface area contributed by atoms with E-state index in [2.05, 4.69) is 17.1 Å². The Balaban J connectivity index is 1.39. The minimum absolute atomic E-state index is 0.134. The Bertz CT molecular complexity index is 842. The highest BCUT2D eigenvalue weighted by Crippen LogP contribution is 2.26. The Morgan fingerprint density at radius 2 is 1.90 bits per heavy atom. The van der Waals surface area contributed by atoms with Gasteiger partial charge in [0.25, 0.3) is 0 Å². The van der Waals surface area contributed by atoms with Crippen LogP contribution in [0.1, 0.15) is 37.3 Å². The monoisotopic (exact) mass is 415 g/mol. The predicted molar refractivity (Wildman–Crippen MR) is 116 cm³/mol. The number of hydrogen-bond acceptors (Lipinski definition) is 6. The van der Waals surface area contributed by atoms with Gasteiger partial charge in [-0.25, -0.2) is 4.98 Å². The smallest absolute Gasteiger partial charge is 0.236 e. The number of nitrogens with zero attached hydrogens (tertiary/aromatic N) is 1. The van der Waals surface area contributed by atoms with Crippen LogP contribution in [0, 0.1) is 6.92 Å². The molecular formula is C23H29NO4S. The number of hydrogen-bond donors (Lipinski definition) is 0. The third-order valence-electron chi connectivity index (χ3n) is 4.52. The topological polar surface area (TPSA) is 53.7 Å². The van der Waals surface area contributed by atoms with E-state index in [1.54, 1.807) is 11.3 Å². The summed E-state index contributed by atoms with van der Waals surface area (Å²) in [5, 5.41) is 2.02. The number of benzene rings is 1. The molecule has 6 heteroatoms. The molecule has 5 nitrogen and oxygen atoms in total. The van der Waals surface area contributed by atoms with Crippen LogP contribution < -0.4 is 4.74 Å². The quantitative estimate of drug-likeness (QED) is 0.282. The lowest BCUT2D eigenvalue weighted by Gasteiger charge is -2.12. The van der Waals surface area contributed by atoms with Crippen LogP contribution in [0.25, 0.3) is 10.8 Å². The molecule has 1 atom stereocenters. The van der Waals surface area contributed by atoms with Crippen molar-refractivity contribution in [3.8, 4) is 16.5 Å². The molecule has 0 N–H and O–H groups in total. The van der Waals surface area contributed by atoms with Gasteiger partial charge in [0.15, 0.2) is 6.29 Å². The molecule has 0 spiro atoms. The molecule has 0 fully saturated rings. The van der Waals surface area contributed by atoms with E-state index < -0.39 is 0 Å². The Kier molecular flexibility index (Phi) is 8.28. The van der Waals surface area contributed by atoms with Crippen LogP contribution in [0.15, 0.2) is 46.2 Å². The first-order valence-electron chi connectivity index (χ1n) is 10.1. The van der Waals surface area contributed by atoms with Gasteiger partial charge in [-0.1, -0.05) is 18.2 Å². The second-order valence-corrected chi connectivity index (χ2v) is 7.69. The van der Waals surface area contributed by atoms with Crippen LogP contribution in [-0.2, 0) is 22.3 Å². The summed E-state index contributed by atoms with van der Waals surface area (Å²) in [6.45, 7) is 7.79. The van der Waals surface area contributed by atoms with Crippen LogP contribution in [0.2, 0.25) is 0 Å². The minimum Gasteiger partial charge on any atom is -0.493 e. The average molecular weight is 416 g/mol. The molecule has 0 aliphatic rings. The SMILES string of the molecule is CCOC(C)OCCCc1ccc(OCCc2nc(-c3cccs3)oc2C)cc1. The van der Waals surface area contributed by atoms with Gasteiger partial charge in [-0.05, 0) is 62.8 Å². The molecule has 0 aliphatic heterocycles. The van der Waals surface area contributed by atoms with Gasteiger partial charge in [-0.15, -0.1) is 11.3 Å². The summed E-state index contributed by atoms with van der Waals surface area (Å²) in [5.74, 6) is 2.42. The van der Waals surface area contributed by atoms with Crippen LogP contribution in [0.3, 0.4) is 0 Å². The van der Waals surface area contributed by atoms with Crippen molar-refractivity contribution in [2.45, 2.75) is 46.3 Å². The maximum Gasteiger partial charge on any atom is 0.236 e. The van der Waals surface area contributed by atoms with Crippen molar-refractivity contribution in [1.29, 1.82) is 0 Å². The van der Waals surface area contributed by atoms with Gasteiger partial charge in [0.2, 0.25) is 5.89 Å². The largest absolute Gasteiger partial charge is 0.493 e. The fraction of sp³-hybridized carbons (Fsp3) is 0.435. The number of oxazole rings is 1. The molecule has 1 unspecified atom stereocenters. The molecule has 29 heavy (non-hydrogen) atoms. The van der Waals surface area contributed by atoms with Gasteiger partial charge < -0.3 is 18.6 Å². The third kappa shape index (κ3) is 6.70. The van der Waals surface area contributed by atoms with Crippen molar-refractivity contribution in [2.24, 2.45) is 0 Å². The van der Waals surface area contributed by atoms with Crippen molar-refractivity contribution in [2.75, 3.05) is 19.8 Å². The predicted octanol–water partition coefficient (Wildman–Crippen LogP) is 5.66. The van der Waals surface area contributed by atoms with Crippen molar-refractivity contribution >= 4 is 11.3 Å². The summed E-state index contributed by atoms with van der Waals surface area (Å²) in [7, 11) is 0. The molecule has 1 aromatic carbocycles. The van der Waals surface area contributed by atoms with E-state index in [0.717, 1.165) is 41.3 Å². The Morgan fingerprint density at radius 1 is 1.07 bits per heavy atom. The number of thiophene rings is 1. The zero-order valence-corrected chi connectivity index (χ0v) is 18.2. The summed E-state index contributed by atoms with van der Waals surface area (Å²) in [5.41, 5.74) is 2.23. The van der Waals surface area contributed by atoms with Crippen LogP contribution in [-0.4, -0.2) is 31.1 Å². The van der Waals surface area contributed by atoms with E-state index in [1.165, 1.54) is 5.56 Å². The number of rotatable bonds is 12. The van der Waals surface area contributed by atoms with Gasteiger partial charge in [0, 0.05) is 13.0 Å². The van der Waals surface area contributed by atoms with Gasteiger partial charge in [-0.2, -0.15) is 0 Å². The molecule has 0 saturated heterocycles. The maximum absolute atomic E-state index is 5.88. The Labute approximate surface area is 176 Å². The Morgan fingerprint density at radius 3 is 2.62 bits per heavy atom. The summed E-state index contributed by atoms with van der Waals surface area (Å²) in [4.78, 5) is 5.66. The van der Waals surface area contributed by atoms with Crippen molar-refractivity contribution in [3.63, 3.8) is 0 Å². The minimum atomic E-state index is -0.134. The highest BCUT2D eigenvalue weighted by molar-refractivity contribution is 7.13. The number of ether oxygens (including phenoxy) is 3. The number of aromatic nitrogens is 1. The van der Waals surface area contributed by atoms with Crippen molar-refractivity contribution in [3.05, 3.63) is 58.8 Å². The van der Waals surface area contributed by atoms with E-state index in [-0.39, 0.29) is 6.29 Å². The Hall–Kier alpha value is -2.15. The summed E-state index contributed by atoms with van der Waals surface area (Å²) in [6.07, 6.45) is 2.53. The lowest BCUT2D eigenvalue weighted by molar-refractivity contribution is -0.127. The second kappa shape index (κ2) is 11.1. The van der Waals surface area contributed by atoms with Crippen LogP contribution in [0.4, 0.5) is 0 Å². The molecule has 0 radical (unpaired) electrons. The second-order valence-electron chi connectivity index (χ2n) is 6.74. The first kappa shape index (κ1) is 21.6. The normalized spacial score (nSPS) is 12.2. The van der Waals surface area contributed by atoms with Gasteiger partial charge in [0.1, 0.15) is 11.5 Å². The molecule has 3 aromatic rings. The summed E-state index contributed by atoms with van der Waals surface area (Å²) in [6, 6.07) is 12.3. The summed E-state index contributed by atoms with van der Waals surface area (Å²) >= 11 is 1.63. The van der Waals surface area contributed by atoms with E-state index in [0.29, 0.717) is 25.7 Å². The molecule has 2 heterocycles. The zero-order chi connectivity index (χ0) is 20.5. The molecule has 0 aliphatic carbocycles. The molecule has 3 rings (SSSR count). The van der Waals surface area contributed by atoms with E-state index in [4.69, 9.17) is 18.6 Å². The lowest BCUT2D eigenvalue weighted by atomic mass is 10.1. The van der Waals surface area contributed by atoms with E-state index >= 15 is 0 Å². The molecular weight excluding hydrogens is 386 g/mol. The average Bonchev–Trinajstić information content (AvgIpc) is 3.37. The van der Waals surface area contributed by atoms with Crippen molar-refractivity contribution < 1.29 is 18.6 Å².